The van der Waals surface area contributed by atoms with Gasteiger partial charge in [-0.05, 0) is 29.9 Å². The van der Waals surface area contributed by atoms with Crippen LogP contribution in [0.5, 0.6) is 0 Å². The first-order valence-electron chi connectivity index (χ1n) is 4.92. The molecule has 74 valence electrons. The van der Waals surface area contributed by atoms with Crippen molar-refractivity contribution < 1.29 is 0 Å². The molecular weight excluding hydrogens is 156 g/mol. The van der Waals surface area contributed by atoms with Gasteiger partial charge in [-0.25, -0.2) is 0 Å². The SMILES string of the molecule is C=C(C=C(C)C(=C)C(C)C)C(C)C. The van der Waals surface area contributed by atoms with E-state index in [0.717, 1.165) is 0 Å². The summed E-state index contributed by atoms with van der Waals surface area (Å²) in [4.78, 5) is 0. The van der Waals surface area contributed by atoms with Gasteiger partial charge in [0.1, 0.15) is 0 Å². The Balaban J connectivity index is 4.50. The lowest BCUT2D eigenvalue weighted by atomic mass is 9.94. The molecule has 0 saturated carbocycles. The Morgan fingerprint density at radius 3 is 1.77 bits per heavy atom. The molecule has 0 rings (SSSR count). The highest BCUT2D eigenvalue weighted by Crippen LogP contribution is 2.20. The van der Waals surface area contributed by atoms with Crippen LogP contribution in [0.2, 0.25) is 0 Å². The summed E-state index contributed by atoms with van der Waals surface area (Å²) in [5, 5.41) is 0. The van der Waals surface area contributed by atoms with E-state index in [1.54, 1.807) is 0 Å². The topological polar surface area (TPSA) is 0 Å². The Labute approximate surface area is 83.0 Å². The van der Waals surface area contributed by atoms with Crippen molar-refractivity contribution in [2.24, 2.45) is 11.8 Å². The Hall–Kier alpha value is -0.780. The van der Waals surface area contributed by atoms with Gasteiger partial charge in [0.05, 0.1) is 0 Å². The van der Waals surface area contributed by atoms with Gasteiger partial charge in [-0.15, -0.1) is 0 Å². The lowest BCUT2D eigenvalue weighted by Gasteiger charge is -2.12. The highest BCUT2D eigenvalue weighted by Gasteiger charge is 2.03. The Morgan fingerprint density at radius 2 is 1.46 bits per heavy atom. The smallest absolute Gasteiger partial charge is 0.0222 e. The molecule has 0 aliphatic heterocycles. The maximum atomic E-state index is 4.06. The van der Waals surface area contributed by atoms with Crippen LogP contribution in [0.3, 0.4) is 0 Å². The molecule has 13 heavy (non-hydrogen) atoms. The first-order valence-corrected chi connectivity index (χ1v) is 4.92. The van der Waals surface area contributed by atoms with E-state index in [1.807, 2.05) is 0 Å². The highest BCUT2D eigenvalue weighted by molar-refractivity contribution is 5.34. The van der Waals surface area contributed by atoms with Crippen molar-refractivity contribution in [2.75, 3.05) is 0 Å². The normalized spacial score (nSPS) is 12.4. The average Bonchev–Trinajstić information content (AvgIpc) is 2.02. The molecule has 0 aliphatic rings. The molecule has 0 fully saturated rings. The van der Waals surface area contributed by atoms with Crippen LogP contribution in [0, 0.1) is 11.8 Å². The van der Waals surface area contributed by atoms with Crippen LogP contribution in [-0.4, -0.2) is 0 Å². The molecule has 0 aromatic rings. The van der Waals surface area contributed by atoms with Crippen LogP contribution in [0.15, 0.2) is 36.0 Å². The highest BCUT2D eigenvalue weighted by atomic mass is 14.1. The number of rotatable bonds is 4. The third kappa shape index (κ3) is 4.12. The van der Waals surface area contributed by atoms with Crippen LogP contribution in [0.1, 0.15) is 34.6 Å². The fourth-order valence-electron chi connectivity index (χ4n) is 0.993. The first kappa shape index (κ1) is 12.2. The number of allylic oxidation sites excluding steroid dienone is 4. The summed E-state index contributed by atoms with van der Waals surface area (Å²) in [7, 11) is 0. The summed E-state index contributed by atoms with van der Waals surface area (Å²) < 4.78 is 0. The maximum Gasteiger partial charge on any atom is -0.0222 e. The van der Waals surface area contributed by atoms with Gasteiger partial charge in [-0.3, -0.25) is 0 Å². The molecule has 0 aromatic carbocycles. The van der Waals surface area contributed by atoms with Crippen molar-refractivity contribution in [3.63, 3.8) is 0 Å². The summed E-state index contributed by atoms with van der Waals surface area (Å²) in [6.07, 6.45) is 2.15. The molecule has 0 heteroatoms. The second-order valence-electron chi connectivity index (χ2n) is 4.24. The fraction of sp³-hybridized carbons (Fsp3) is 0.538. The third-order valence-electron chi connectivity index (χ3n) is 2.35. The standard InChI is InChI=1S/C13H22/c1-9(2)11(5)8-12(6)13(7)10(3)4/h8-10H,5,7H2,1-4,6H3. The molecular formula is C13H22. The van der Waals surface area contributed by atoms with Crippen molar-refractivity contribution in [1.82, 2.24) is 0 Å². The number of hydrogen-bond donors (Lipinski definition) is 0. The van der Waals surface area contributed by atoms with E-state index >= 15 is 0 Å². The van der Waals surface area contributed by atoms with Crippen LogP contribution in [-0.2, 0) is 0 Å². The zero-order valence-corrected chi connectivity index (χ0v) is 9.65. The van der Waals surface area contributed by atoms with E-state index in [-0.39, 0.29) is 0 Å². The minimum Gasteiger partial charge on any atom is -0.0956 e. The van der Waals surface area contributed by atoms with Gasteiger partial charge in [-0.2, -0.15) is 0 Å². The Kier molecular flexibility index (Phi) is 4.76. The lowest BCUT2D eigenvalue weighted by molar-refractivity contribution is 0.771. The largest absolute Gasteiger partial charge is 0.0956 e. The van der Waals surface area contributed by atoms with E-state index in [0.29, 0.717) is 11.8 Å². The summed E-state index contributed by atoms with van der Waals surface area (Å²) in [5.41, 5.74) is 3.65. The van der Waals surface area contributed by atoms with Crippen molar-refractivity contribution in [1.29, 1.82) is 0 Å². The summed E-state index contributed by atoms with van der Waals surface area (Å²) in [6.45, 7) is 18.8. The van der Waals surface area contributed by atoms with Gasteiger partial charge in [0.15, 0.2) is 0 Å². The Bertz CT molecular complexity index is 226. The van der Waals surface area contributed by atoms with Crippen LogP contribution < -0.4 is 0 Å². The molecule has 0 unspecified atom stereocenters. The van der Waals surface area contributed by atoms with Gasteiger partial charge in [0.2, 0.25) is 0 Å². The molecule has 0 aliphatic carbocycles. The van der Waals surface area contributed by atoms with Gasteiger partial charge in [0.25, 0.3) is 0 Å². The van der Waals surface area contributed by atoms with Crippen molar-refractivity contribution in [2.45, 2.75) is 34.6 Å². The minimum atomic E-state index is 0.523. The molecule has 0 aromatic heterocycles. The van der Waals surface area contributed by atoms with Crippen LogP contribution >= 0.6 is 0 Å². The van der Waals surface area contributed by atoms with Crippen molar-refractivity contribution in [3.8, 4) is 0 Å². The van der Waals surface area contributed by atoms with Crippen LogP contribution in [0.4, 0.5) is 0 Å². The molecule has 0 atom stereocenters. The Morgan fingerprint density at radius 1 is 1.00 bits per heavy atom. The molecule has 0 nitrogen and oxygen atoms in total. The molecule has 0 heterocycles. The zero-order chi connectivity index (χ0) is 10.6. The van der Waals surface area contributed by atoms with Crippen molar-refractivity contribution >= 4 is 0 Å². The monoisotopic (exact) mass is 178 g/mol. The molecule has 0 bridgehead atoms. The van der Waals surface area contributed by atoms with Gasteiger partial charge < -0.3 is 0 Å². The summed E-state index contributed by atoms with van der Waals surface area (Å²) >= 11 is 0. The molecule has 0 amide bonds. The fourth-order valence-corrected chi connectivity index (χ4v) is 0.993. The number of hydrogen-bond acceptors (Lipinski definition) is 0. The zero-order valence-electron chi connectivity index (χ0n) is 9.65. The van der Waals surface area contributed by atoms with E-state index in [4.69, 9.17) is 0 Å². The van der Waals surface area contributed by atoms with E-state index in [1.165, 1.54) is 16.7 Å². The van der Waals surface area contributed by atoms with Crippen molar-refractivity contribution in [3.05, 3.63) is 36.0 Å². The third-order valence-corrected chi connectivity index (χ3v) is 2.35. The van der Waals surface area contributed by atoms with E-state index in [9.17, 15) is 0 Å². The van der Waals surface area contributed by atoms with E-state index < -0.39 is 0 Å². The molecule has 0 N–H and O–H groups in total. The van der Waals surface area contributed by atoms with Gasteiger partial charge >= 0.3 is 0 Å². The maximum absolute atomic E-state index is 4.06. The predicted molar refractivity (Wildman–Crippen MR) is 61.7 cm³/mol. The quantitative estimate of drug-likeness (QED) is 0.561. The van der Waals surface area contributed by atoms with E-state index in [2.05, 4.69) is 53.9 Å². The van der Waals surface area contributed by atoms with Crippen LogP contribution in [0.25, 0.3) is 0 Å². The first-order chi connectivity index (χ1) is 5.86. The predicted octanol–water partition coefficient (Wildman–Crippen LogP) is 4.36. The molecule has 0 spiro atoms. The van der Waals surface area contributed by atoms with Gasteiger partial charge in [0, 0.05) is 0 Å². The second kappa shape index (κ2) is 5.06. The summed E-state index contributed by atoms with van der Waals surface area (Å²) in [5.74, 6) is 1.05. The second-order valence-corrected chi connectivity index (χ2v) is 4.24. The summed E-state index contributed by atoms with van der Waals surface area (Å²) in [6, 6.07) is 0. The minimum absolute atomic E-state index is 0.523. The van der Waals surface area contributed by atoms with Gasteiger partial charge in [-0.1, -0.05) is 52.5 Å². The molecule has 0 saturated heterocycles. The lowest BCUT2D eigenvalue weighted by Crippen LogP contribution is -1.96. The molecule has 0 radical (unpaired) electrons. The average molecular weight is 178 g/mol.